The average molecular weight is 473 g/mol. The van der Waals surface area contributed by atoms with Gasteiger partial charge in [-0.2, -0.15) is 5.26 Å². The molecule has 3 aromatic carbocycles. The van der Waals surface area contributed by atoms with Gasteiger partial charge in [-0.3, -0.25) is 14.9 Å². The summed E-state index contributed by atoms with van der Waals surface area (Å²) in [5, 5.41) is 31.7. The number of nitriles is 1. The number of carboxylic acids is 1. The molecule has 0 aliphatic heterocycles. The highest BCUT2D eigenvalue weighted by atomic mass is 16.6. The van der Waals surface area contributed by atoms with Gasteiger partial charge in [-0.1, -0.05) is 6.07 Å². The van der Waals surface area contributed by atoms with Crippen molar-refractivity contribution in [1.82, 2.24) is 0 Å². The standard InChI is InChI=1S/C25H19N3O7/c1-34-23-13-17(4-11-22(23)35-15-16-2-9-21(10-3-16)28(32)33)12-19(14-26)24(29)27-20-7-5-18(6-8-20)25(30)31/h2-13H,15H2,1H3,(H,27,29)(H,30,31)/b19-12+. The van der Waals surface area contributed by atoms with Gasteiger partial charge < -0.3 is 19.9 Å². The Morgan fingerprint density at radius 3 is 2.34 bits per heavy atom. The molecule has 1 amide bonds. The maximum atomic E-state index is 12.5. The van der Waals surface area contributed by atoms with Gasteiger partial charge in [0.05, 0.1) is 17.6 Å². The van der Waals surface area contributed by atoms with Crippen LogP contribution in [0.5, 0.6) is 11.5 Å². The number of hydrogen-bond acceptors (Lipinski definition) is 7. The molecular weight excluding hydrogens is 454 g/mol. The van der Waals surface area contributed by atoms with E-state index in [-0.39, 0.29) is 23.4 Å². The number of nitro benzene ring substituents is 1. The molecule has 3 rings (SSSR count). The number of methoxy groups -OCH3 is 1. The molecule has 0 atom stereocenters. The summed E-state index contributed by atoms with van der Waals surface area (Å²) in [4.78, 5) is 33.7. The molecule has 0 spiro atoms. The number of benzene rings is 3. The van der Waals surface area contributed by atoms with Crippen LogP contribution in [0.15, 0.2) is 72.3 Å². The summed E-state index contributed by atoms with van der Waals surface area (Å²) in [6.45, 7) is 0.149. The predicted molar refractivity (Wildman–Crippen MR) is 126 cm³/mol. The predicted octanol–water partition coefficient (Wildman–Crippen LogP) is 4.43. The molecule has 0 fully saturated rings. The number of ether oxygens (including phenoxy) is 2. The lowest BCUT2D eigenvalue weighted by atomic mass is 10.1. The van der Waals surface area contributed by atoms with Gasteiger partial charge in [0.25, 0.3) is 11.6 Å². The van der Waals surface area contributed by atoms with Gasteiger partial charge in [0, 0.05) is 17.8 Å². The lowest BCUT2D eigenvalue weighted by molar-refractivity contribution is -0.384. The summed E-state index contributed by atoms with van der Waals surface area (Å²) in [7, 11) is 1.44. The zero-order valence-electron chi connectivity index (χ0n) is 18.4. The molecule has 2 N–H and O–H groups in total. The Balaban J connectivity index is 1.71. The van der Waals surface area contributed by atoms with E-state index in [1.54, 1.807) is 30.3 Å². The summed E-state index contributed by atoms with van der Waals surface area (Å²) < 4.78 is 11.1. The second-order valence-electron chi connectivity index (χ2n) is 7.13. The Morgan fingerprint density at radius 2 is 1.77 bits per heavy atom. The van der Waals surface area contributed by atoms with Gasteiger partial charge in [-0.25, -0.2) is 4.79 Å². The van der Waals surface area contributed by atoms with Crippen LogP contribution < -0.4 is 14.8 Å². The first-order valence-corrected chi connectivity index (χ1v) is 10.1. The number of aromatic carboxylic acids is 1. The number of amides is 1. The minimum absolute atomic E-state index is 0.0166. The Bertz CT molecular complexity index is 1320. The van der Waals surface area contributed by atoms with Gasteiger partial charge in [0.1, 0.15) is 18.2 Å². The van der Waals surface area contributed by atoms with Gasteiger partial charge in [-0.05, 0) is 65.7 Å². The van der Waals surface area contributed by atoms with E-state index in [0.29, 0.717) is 22.7 Å². The largest absolute Gasteiger partial charge is 0.493 e. The molecule has 0 aromatic heterocycles. The lowest BCUT2D eigenvalue weighted by Gasteiger charge is -2.12. The van der Waals surface area contributed by atoms with E-state index in [4.69, 9.17) is 14.6 Å². The van der Waals surface area contributed by atoms with Crippen LogP contribution in [0.4, 0.5) is 11.4 Å². The number of non-ortho nitro benzene ring substituents is 1. The molecule has 176 valence electrons. The molecule has 0 saturated carbocycles. The van der Waals surface area contributed by atoms with Crippen LogP contribution in [-0.2, 0) is 11.4 Å². The SMILES string of the molecule is COc1cc(/C=C(\C#N)C(=O)Nc2ccc(C(=O)O)cc2)ccc1OCc1ccc([N+](=O)[O-])cc1. The molecular formula is C25H19N3O7. The number of rotatable bonds is 9. The fourth-order valence-electron chi connectivity index (χ4n) is 2.98. The fourth-order valence-corrected chi connectivity index (χ4v) is 2.98. The van der Waals surface area contributed by atoms with Gasteiger partial charge in [-0.15, -0.1) is 0 Å². The summed E-state index contributed by atoms with van der Waals surface area (Å²) >= 11 is 0. The van der Waals surface area contributed by atoms with Crippen molar-refractivity contribution >= 4 is 29.3 Å². The number of carboxylic acid groups (broad SMARTS) is 1. The summed E-state index contributed by atoms with van der Waals surface area (Å²) in [5.74, 6) is -0.977. The van der Waals surface area contributed by atoms with Crippen molar-refractivity contribution in [2.24, 2.45) is 0 Å². The highest BCUT2D eigenvalue weighted by Gasteiger charge is 2.12. The summed E-state index contributed by atoms with van der Waals surface area (Å²) in [5.41, 5.74) is 1.46. The van der Waals surface area contributed by atoms with E-state index < -0.39 is 16.8 Å². The third-order valence-electron chi connectivity index (χ3n) is 4.79. The molecule has 0 aliphatic rings. The second kappa shape index (κ2) is 11.1. The second-order valence-corrected chi connectivity index (χ2v) is 7.13. The summed E-state index contributed by atoms with van der Waals surface area (Å²) in [6.07, 6.45) is 1.38. The lowest BCUT2D eigenvalue weighted by Crippen LogP contribution is -2.13. The van der Waals surface area contributed by atoms with Crippen LogP contribution in [0.3, 0.4) is 0 Å². The Hall–Kier alpha value is -5.17. The normalized spacial score (nSPS) is 10.7. The van der Waals surface area contributed by atoms with Crippen molar-refractivity contribution in [3.05, 3.63) is 99.1 Å². The average Bonchev–Trinajstić information content (AvgIpc) is 2.86. The van der Waals surface area contributed by atoms with E-state index in [9.17, 15) is 25.0 Å². The maximum absolute atomic E-state index is 12.5. The van der Waals surface area contributed by atoms with Crippen molar-refractivity contribution in [2.75, 3.05) is 12.4 Å². The Kier molecular flexibility index (Phi) is 7.77. The van der Waals surface area contributed by atoms with E-state index in [1.165, 1.54) is 49.6 Å². The molecule has 0 aliphatic carbocycles. The number of anilines is 1. The highest BCUT2D eigenvalue weighted by Crippen LogP contribution is 2.30. The van der Waals surface area contributed by atoms with E-state index in [2.05, 4.69) is 5.32 Å². The Labute approximate surface area is 199 Å². The molecule has 3 aromatic rings. The monoisotopic (exact) mass is 473 g/mol. The first-order chi connectivity index (χ1) is 16.8. The molecule has 0 saturated heterocycles. The Morgan fingerprint density at radius 1 is 1.09 bits per heavy atom. The molecule has 10 heteroatoms. The number of nitro groups is 1. The molecule has 0 bridgehead atoms. The molecule has 10 nitrogen and oxygen atoms in total. The minimum atomic E-state index is -1.09. The van der Waals surface area contributed by atoms with Crippen molar-refractivity contribution in [1.29, 1.82) is 5.26 Å². The van der Waals surface area contributed by atoms with E-state index in [0.717, 1.165) is 5.56 Å². The molecule has 35 heavy (non-hydrogen) atoms. The molecule has 0 radical (unpaired) electrons. The van der Waals surface area contributed by atoms with Crippen LogP contribution in [0.1, 0.15) is 21.5 Å². The highest BCUT2D eigenvalue weighted by molar-refractivity contribution is 6.09. The maximum Gasteiger partial charge on any atom is 0.335 e. The van der Waals surface area contributed by atoms with Crippen molar-refractivity contribution in [3.63, 3.8) is 0 Å². The third-order valence-corrected chi connectivity index (χ3v) is 4.79. The van der Waals surface area contributed by atoms with E-state index in [1.807, 2.05) is 6.07 Å². The number of nitrogens with zero attached hydrogens (tertiary/aromatic N) is 2. The summed E-state index contributed by atoms with van der Waals surface area (Å²) in [6, 6.07) is 18.2. The topological polar surface area (TPSA) is 152 Å². The molecule has 0 heterocycles. The van der Waals surface area contributed by atoms with Gasteiger partial charge >= 0.3 is 5.97 Å². The smallest absolute Gasteiger partial charge is 0.335 e. The van der Waals surface area contributed by atoms with Crippen LogP contribution in [0, 0.1) is 21.4 Å². The van der Waals surface area contributed by atoms with Crippen LogP contribution in [0.25, 0.3) is 6.08 Å². The van der Waals surface area contributed by atoms with Crippen molar-refractivity contribution in [3.8, 4) is 17.6 Å². The fraction of sp³-hybridized carbons (Fsp3) is 0.0800. The number of carbonyl (C=O) groups is 2. The zero-order valence-corrected chi connectivity index (χ0v) is 18.4. The minimum Gasteiger partial charge on any atom is -0.493 e. The van der Waals surface area contributed by atoms with Crippen LogP contribution in [0.2, 0.25) is 0 Å². The number of carbonyl (C=O) groups excluding carboxylic acids is 1. The van der Waals surface area contributed by atoms with Gasteiger partial charge in [0.2, 0.25) is 0 Å². The van der Waals surface area contributed by atoms with Gasteiger partial charge in [0.15, 0.2) is 11.5 Å². The first kappa shape index (κ1) is 24.5. The third kappa shape index (κ3) is 6.43. The van der Waals surface area contributed by atoms with Crippen molar-refractivity contribution in [2.45, 2.75) is 6.61 Å². The van der Waals surface area contributed by atoms with Crippen LogP contribution in [-0.4, -0.2) is 29.0 Å². The molecule has 0 unspecified atom stereocenters. The first-order valence-electron chi connectivity index (χ1n) is 10.1. The quantitative estimate of drug-likeness (QED) is 0.200. The van der Waals surface area contributed by atoms with Crippen LogP contribution >= 0.6 is 0 Å². The van der Waals surface area contributed by atoms with E-state index >= 15 is 0 Å². The zero-order chi connectivity index (χ0) is 25.4. The number of nitrogens with one attached hydrogen (secondary N) is 1. The number of hydrogen-bond donors (Lipinski definition) is 2. The van der Waals surface area contributed by atoms with Crippen molar-refractivity contribution < 1.29 is 29.1 Å².